The highest BCUT2D eigenvalue weighted by molar-refractivity contribution is 6.14. The Balaban J connectivity index is 1.77. The first kappa shape index (κ1) is 11.5. The van der Waals surface area contributed by atoms with Crippen LogP contribution in [0.2, 0.25) is 0 Å². The molecule has 0 atom stereocenters. The predicted molar refractivity (Wildman–Crippen MR) is 93.3 cm³/mol. The van der Waals surface area contributed by atoms with Crippen molar-refractivity contribution < 1.29 is 0 Å². The quantitative estimate of drug-likeness (QED) is 0.415. The number of hydrogen-bond acceptors (Lipinski definition) is 3. The van der Waals surface area contributed by atoms with Crippen LogP contribution in [0, 0.1) is 0 Å². The van der Waals surface area contributed by atoms with Crippen LogP contribution in [0.25, 0.3) is 44.3 Å². The average molecular weight is 293 g/mol. The lowest BCUT2D eigenvalue weighted by molar-refractivity contribution is 1.30. The molecule has 0 saturated heterocycles. The molecular formula is C20H11N3. The summed E-state index contributed by atoms with van der Waals surface area (Å²) in [6.45, 7) is 0. The van der Waals surface area contributed by atoms with Crippen molar-refractivity contribution in [2.45, 2.75) is 6.42 Å². The van der Waals surface area contributed by atoms with Gasteiger partial charge in [0.2, 0.25) is 0 Å². The van der Waals surface area contributed by atoms with E-state index in [9.17, 15) is 0 Å². The van der Waals surface area contributed by atoms with Gasteiger partial charge < -0.3 is 0 Å². The summed E-state index contributed by atoms with van der Waals surface area (Å²) in [5.41, 5.74) is 8.52. The van der Waals surface area contributed by atoms with Crippen LogP contribution in [0.5, 0.6) is 0 Å². The van der Waals surface area contributed by atoms with Crippen LogP contribution in [-0.4, -0.2) is 16.2 Å². The summed E-state index contributed by atoms with van der Waals surface area (Å²) in [5.74, 6) is 0. The molecule has 1 aliphatic carbocycles. The molecule has 106 valence electrons. The third kappa shape index (κ3) is 1.37. The van der Waals surface area contributed by atoms with Crippen LogP contribution >= 0.6 is 0 Å². The molecule has 0 radical (unpaired) electrons. The molecule has 4 aromatic rings. The summed E-state index contributed by atoms with van der Waals surface area (Å²) < 4.78 is 0. The number of nitrogens with zero attached hydrogens (tertiary/aromatic N) is 3. The summed E-state index contributed by atoms with van der Waals surface area (Å²) in [6, 6.07) is 17.0. The minimum Gasteiger partial charge on any atom is -0.261 e. The van der Waals surface area contributed by atoms with E-state index < -0.39 is 0 Å². The number of benzene rings is 3. The number of fused-ring (bicyclic) bond motifs is 5. The first-order valence-electron chi connectivity index (χ1n) is 7.78. The van der Waals surface area contributed by atoms with Crippen LogP contribution < -0.4 is 0 Å². The van der Waals surface area contributed by atoms with Crippen LogP contribution in [-0.2, 0) is 6.42 Å². The third-order valence-electron chi connectivity index (χ3n) is 4.82. The molecule has 0 unspecified atom stereocenters. The fourth-order valence-electron chi connectivity index (χ4n) is 3.77. The smallest absolute Gasteiger partial charge is 0.0979 e. The Labute approximate surface area is 132 Å². The van der Waals surface area contributed by atoms with Gasteiger partial charge in [0.15, 0.2) is 0 Å². The Morgan fingerprint density at radius 1 is 0.783 bits per heavy atom. The lowest BCUT2D eigenvalue weighted by Crippen LogP contribution is -1.91. The maximum Gasteiger partial charge on any atom is 0.0979 e. The van der Waals surface area contributed by atoms with E-state index in [2.05, 4.69) is 53.5 Å². The second kappa shape index (κ2) is 3.82. The zero-order valence-corrected chi connectivity index (χ0v) is 12.2. The molecule has 3 aromatic carbocycles. The molecule has 0 spiro atoms. The molecule has 6 rings (SSSR count). The van der Waals surface area contributed by atoms with Crippen LogP contribution in [0.1, 0.15) is 5.56 Å². The van der Waals surface area contributed by atoms with Gasteiger partial charge in [-0.15, -0.1) is 0 Å². The Morgan fingerprint density at radius 3 is 2.22 bits per heavy atom. The van der Waals surface area contributed by atoms with Crippen molar-refractivity contribution >= 4 is 33.7 Å². The Kier molecular flexibility index (Phi) is 1.91. The van der Waals surface area contributed by atoms with E-state index in [1.165, 1.54) is 27.5 Å². The largest absolute Gasteiger partial charge is 0.261 e. The maximum atomic E-state index is 4.95. The fourth-order valence-corrected chi connectivity index (χ4v) is 3.77. The molecule has 1 aliphatic heterocycles. The van der Waals surface area contributed by atoms with Crippen molar-refractivity contribution in [1.29, 1.82) is 0 Å². The summed E-state index contributed by atoms with van der Waals surface area (Å²) in [7, 11) is 0. The Bertz CT molecular complexity index is 1180. The molecule has 0 saturated carbocycles. The van der Waals surface area contributed by atoms with Crippen molar-refractivity contribution in [1.82, 2.24) is 9.97 Å². The van der Waals surface area contributed by atoms with Crippen molar-refractivity contribution in [2.24, 2.45) is 4.99 Å². The van der Waals surface area contributed by atoms with Gasteiger partial charge in [0.25, 0.3) is 0 Å². The second-order valence-electron chi connectivity index (χ2n) is 6.12. The minimum absolute atomic E-state index is 0.889. The molecule has 3 nitrogen and oxygen atoms in total. The minimum atomic E-state index is 0.889. The van der Waals surface area contributed by atoms with E-state index >= 15 is 0 Å². The first-order valence-corrected chi connectivity index (χ1v) is 7.78. The highest BCUT2D eigenvalue weighted by Crippen LogP contribution is 2.45. The van der Waals surface area contributed by atoms with Gasteiger partial charge in [0.05, 0.1) is 28.1 Å². The summed E-state index contributed by atoms with van der Waals surface area (Å²) in [5, 5.41) is 2.52. The van der Waals surface area contributed by atoms with Crippen molar-refractivity contribution in [3.05, 3.63) is 54.1 Å². The molecule has 0 fully saturated rings. The van der Waals surface area contributed by atoms with Crippen LogP contribution in [0.15, 0.2) is 53.5 Å². The molecule has 3 heteroatoms. The van der Waals surface area contributed by atoms with Gasteiger partial charge >= 0.3 is 0 Å². The van der Waals surface area contributed by atoms with Crippen LogP contribution in [0.4, 0.5) is 5.69 Å². The van der Waals surface area contributed by atoms with Gasteiger partial charge in [-0.25, -0.2) is 9.97 Å². The number of aliphatic imine (C=N–C) groups is 1. The van der Waals surface area contributed by atoms with Gasteiger partial charge in [0, 0.05) is 29.1 Å². The standard InChI is InChI=1S/C20H11N3/c1-3-11-4-2-6-14-18(11)13(5-1)19-20(14)23-17-10-15-12(7-8-21-15)9-16(17)22-19/h1-6,8-10H,7H2. The van der Waals surface area contributed by atoms with E-state index in [0.717, 1.165) is 34.5 Å². The second-order valence-corrected chi connectivity index (χ2v) is 6.12. The van der Waals surface area contributed by atoms with Gasteiger partial charge in [-0.3, -0.25) is 4.99 Å². The zero-order valence-electron chi connectivity index (χ0n) is 12.2. The van der Waals surface area contributed by atoms with Crippen LogP contribution in [0.3, 0.4) is 0 Å². The molecule has 0 N–H and O–H groups in total. The monoisotopic (exact) mass is 293 g/mol. The number of aromatic nitrogens is 2. The van der Waals surface area contributed by atoms with E-state index in [1.807, 2.05) is 6.21 Å². The first-order chi connectivity index (χ1) is 11.4. The molecule has 23 heavy (non-hydrogen) atoms. The molecule has 0 bridgehead atoms. The van der Waals surface area contributed by atoms with E-state index in [1.54, 1.807) is 0 Å². The van der Waals surface area contributed by atoms with E-state index in [-0.39, 0.29) is 0 Å². The lowest BCUT2D eigenvalue weighted by Gasteiger charge is -2.05. The van der Waals surface area contributed by atoms with Gasteiger partial charge in [0.1, 0.15) is 0 Å². The Hall–Kier alpha value is -3.07. The third-order valence-corrected chi connectivity index (χ3v) is 4.82. The zero-order chi connectivity index (χ0) is 15.0. The topological polar surface area (TPSA) is 38.1 Å². The van der Waals surface area contributed by atoms with Crippen molar-refractivity contribution in [2.75, 3.05) is 0 Å². The highest BCUT2D eigenvalue weighted by atomic mass is 14.9. The molecule has 2 heterocycles. The predicted octanol–water partition coefficient (Wildman–Crippen LogP) is 4.69. The van der Waals surface area contributed by atoms with E-state index in [4.69, 9.17) is 9.97 Å². The van der Waals surface area contributed by atoms with Gasteiger partial charge in [-0.2, -0.15) is 0 Å². The molecular weight excluding hydrogens is 282 g/mol. The molecule has 1 aromatic heterocycles. The van der Waals surface area contributed by atoms with E-state index in [0.29, 0.717) is 0 Å². The average Bonchev–Trinajstić information content (AvgIpc) is 3.16. The summed E-state index contributed by atoms with van der Waals surface area (Å²) >= 11 is 0. The highest BCUT2D eigenvalue weighted by Gasteiger charge is 2.24. The van der Waals surface area contributed by atoms with Crippen molar-refractivity contribution in [3.63, 3.8) is 0 Å². The normalized spacial score (nSPS) is 13.7. The Morgan fingerprint density at radius 2 is 1.48 bits per heavy atom. The number of hydrogen-bond donors (Lipinski definition) is 0. The number of rotatable bonds is 0. The lowest BCUT2D eigenvalue weighted by atomic mass is 10.0. The SMILES string of the molecule is C1=Nc2cc3nc4c(nc3cc2C1)-c1cccc2cccc-4c12. The maximum absolute atomic E-state index is 4.95. The summed E-state index contributed by atoms with van der Waals surface area (Å²) in [6.07, 6.45) is 2.84. The van der Waals surface area contributed by atoms with Gasteiger partial charge in [-0.1, -0.05) is 36.4 Å². The fraction of sp³-hybridized carbons (Fsp3) is 0.0500. The summed E-state index contributed by atoms with van der Waals surface area (Å²) in [4.78, 5) is 14.3. The van der Waals surface area contributed by atoms with Gasteiger partial charge in [-0.05, 0) is 23.1 Å². The molecule has 0 amide bonds. The molecule has 2 aliphatic rings. The van der Waals surface area contributed by atoms with Crippen molar-refractivity contribution in [3.8, 4) is 22.5 Å².